The highest BCUT2D eigenvalue weighted by molar-refractivity contribution is 7.15. The fourth-order valence-electron chi connectivity index (χ4n) is 2.53. The Morgan fingerprint density at radius 1 is 1.41 bits per heavy atom. The van der Waals surface area contributed by atoms with Crippen LogP contribution in [0.15, 0.2) is 11.4 Å². The fraction of sp³-hybridized carbons (Fsp3) is 0.533. The lowest BCUT2D eigenvalue weighted by Crippen LogP contribution is -2.40. The molecule has 1 aliphatic rings. The van der Waals surface area contributed by atoms with Gasteiger partial charge in [0.1, 0.15) is 5.01 Å². The maximum absolute atomic E-state index is 12.5. The maximum atomic E-state index is 12.5. The number of aromatic nitrogens is 2. The zero-order chi connectivity index (χ0) is 15.9. The fourth-order valence-corrected chi connectivity index (χ4v) is 4.28. The van der Waals surface area contributed by atoms with Gasteiger partial charge in [-0.2, -0.15) is 0 Å². The van der Waals surface area contributed by atoms with E-state index < -0.39 is 0 Å². The number of urea groups is 1. The predicted octanol–water partition coefficient (Wildman–Crippen LogP) is 4.05. The third-order valence-electron chi connectivity index (χ3n) is 3.82. The number of nitrogens with one attached hydrogen (secondary N) is 1. The van der Waals surface area contributed by atoms with Crippen molar-refractivity contribution in [2.24, 2.45) is 0 Å². The minimum absolute atomic E-state index is 0.0510. The highest BCUT2D eigenvalue weighted by Crippen LogP contribution is 2.33. The normalized spacial score (nSPS) is 18.2. The van der Waals surface area contributed by atoms with E-state index in [-0.39, 0.29) is 17.5 Å². The highest BCUT2D eigenvalue weighted by atomic mass is 32.1. The molecule has 0 radical (unpaired) electrons. The van der Waals surface area contributed by atoms with E-state index >= 15 is 0 Å². The number of rotatable bonds is 1. The van der Waals surface area contributed by atoms with E-state index in [2.05, 4.69) is 54.7 Å². The Balaban J connectivity index is 1.72. The highest BCUT2D eigenvalue weighted by Gasteiger charge is 2.29. The minimum Gasteiger partial charge on any atom is -0.317 e. The SMILES string of the molecule is C[C@@H]1c2ccsc2CCN1C(=O)Nc1nnc(C(C)(C)C)s1. The number of thiophene rings is 1. The first-order valence-corrected chi connectivity index (χ1v) is 9.04. The van der Waals surface area contributed by atoms with Crippen molar-refractivity contribution in [2.45, 2.75) is 45.6 Å². The van der Waals surface area contributed by atoms with E-state index in [1.165, 1.54) is 21.8 Å². The van der Waals surface area contributed by atoms with Gasteiger partial charge in [-0.25, -0.2) is 4.79 Å². The van der Waals surface area contributed by atoms with Crippen LogP contribution >= 0.6 is 22.7 Å². The van der Waals surface area contributed by atoms with Crippen LogP contribution < -0.4 is 5.32 Å². The summed E-state index contributed by atoms with van der Waals surface area (Å²) >= 11 is 3.22. The third-order valence-corrected chi connectivity index (χ3v) is 6.08. The molecule has 5 nitrogen and oxygen atoms in total. The number of hydrogen-bond acceptors (Lipinski definition) is 5. The second-order valence-electron chi connectivity index (χ2n) is 6.51. The molecule has 0 aromatic carbocycles. The molecule has 0 saturated heterocycles. The number of fused-ring (bicyclic) bond motifs is 1. The lowest BCUT2D eigenvalue weighted by Gasteiger charge is -2.33. The molecule has 1 atom stereocenters. The van der Waals surface area contributed by atoms with E-state index in [9.17, 15) is 4.79 Å². The van der Waals surface area contributed by atoms with Crippen LogP contribution in [-0.2, 0) is 11.8 Å². The summed E-state index contributed by atoms with van der Waals surface area (Å²) in [5.74, 6) is 0. The number of amides is 2. The van der Waals surface area contributed by atoms with Crippen LogP contribution in [0.25, 0.3) is 0 Å². The van der Waals surface area contributed by atoms with Gasteiger partial charge in [0.05, 0.1) is 6.04 Å². The van der Waals surface area contributed by atoms with Gasteiger partial charge in [-0.05, 0) is 30.4 Å². The summed E-state index contributed by atoms with van der Waals surface area (Å²) in [5, 5.41) is 14.7. The summed E-state index contributed by atoms with van der Waals surface area (Å²) in [6, 6.07) is 2.12. The molecule has 22 heavy (non-hydrogen) atoms. The summed E-state index contributed by atoms with van der Waals surface area (Å²) in [5.41, 5.74) is 1.21. The number of carbonyl (C=O) groups is 1. The summed E-state index contributed by atoms with van der Waals surface area (Å²) in [7, 11) is 0. The Labute approximate surface area is 138 Å². The van der Waals surface area contributed by atoms with Crippen LogP contribution in [0.3, 0.4) is 0 Å². The molecule has 0 fully saturated rings. The van der Waals surface area contributed by atoms with Gasteiger partial charge in [0.25, 0.3) is 0 Å². The molecule has 0 saturated carbocycles. The summed E-state index contributed by atoms with van der Waals surface area (Å²) in [6.45, 7) is 9.08. The third kappa shape index (κ3) is 2.87. The van der Waals surface area contributed by atoms with Crippen molar-refractivity contribution in [3.8, 4) is 0 Å². The average Bonchev–Trinajstić information content (AvgIpc) is 3.06. The van der Waals surface area contributed by atoms with Crippen LogP contribution in [0.1, 0.15) is 49.2 Å². The van der Waals surface area contributed by atoms with Crippen molar-refractivity contribution in [1.29, 1.82) is 0 Å². The molecule has 118 valence electrons. The van der Waals surface area contributed by atoms with Crippen LogP contribution in [0.2, 0.25) is 0 Å². The number of carbonyl (C=O) groups excluding carboxylic acids is 1. The van der Waals surface area contributed by atoms with E-state index in [4.69, 9.17) is 0 Å². The molecule has 3 rings (SSSR count). The molecule has 1 N–H and O–H groups in total. The maximum Gasteiger partial charge on any atom is 0.324 e. The minimum atomic E-state index is -0.0963. The van der Waals surface area contributed by atoms with Gasteiger partial charge in [0, 0.05) is 16.8 Å². The summed E-state index contributed by atoms with van der Waals surface area (Å²) < 4.78 is 0. The van der Waals surface area contributed by atoms with Gasteiger partial charge in [-0.15, -0.1) is 21.5 Å². The quantitative estimate of drug-likeness (QED) is 0.855. The molecule has 0 spiro atoms. The molecule has 2 aromatic rings. The molecule has 2 aromatic heterocycles. The molecule has 0 bridgehead atoms. The van der Waals surface area contributed by atoms with Crippen molar-refractivity contribution < 1.29 is 4.79 Å². The molecule has 0 unspecified atom stereocenters. The number of anilines is 1. The first-order chi connectivity index (χ1) is 10.4. The van der Waals surface area contributed by atoms with Gasteiger partial charge in [-0.3, -0.25) is 5.32 Å². The second kappa shape index (κ2) is 5.62. The average molecular weight is 336 g/mol. The molecule has 2 amide bonds. The molecule has 7 heteroatoms. The van der Waals surface area contributed by atoms with E-state index in [0.29, 0.717) is 5.13 Å². The van der Waals surface area contributed by atoms with Gasteiger partial charge in [0.15, 0.2) is 0 Å². The first kappa shape index (κ1) is 15.4. The van der Waals surface area contributed by atoms with Crippen molar-refractivity contribution in [1.82, 2.24) is 15.1 Å². The monoisotopic (exact) mass is 336 g/mol. The molecule has 3 heterocycles. The van der Waals surface area contributed by atoms with E-state index in [1.54, 1.807) is 11.3 Å². The van der Waals surface area contributed by atoms with Crippen LogP contribution in [0.4, 0.5) is 9.93 Å². The number of hydrogen-bond donors (Lipinski definition) is 1. The Bertz CT molecular complexity index is 686. The Hall–Kier alpha value is -1.47. The Morgan fingerprint density at radius 3 is 2.86 bits per heavy atom. The van der Waals surface area contributed by atoms with Gasteiger partial charge < -0.3 is 4.90 Å². The van der Waals surface area contributed by atoms with Gasteiger partial charge >= 0.3 is 6.03 Å². The van der Waals surface area contributed by atoms with Crippen molar-refractivity contribution >= 4 is 33.8 Å². The predicted molar refractivity (Wildman–Crippen MR) is 90.8 cm³/mol. The summed E-state index contributed by atoms with van der Waals surface area (Å²) in [4.78, 5) is 15.8. The molecule has 1 aliphatic heterocycles. The van der Waals surface area contributed by atoms with E-state index in [1.807, 2.05) is 4.90 Å². The van der Waals surface area contributed by atoms with E-state index in [0.717, 1.165) is 18.0 Å². The molecule has 0 aliphatic carbocycles. The van der Waals surface area contributed by atoms with Crippen molar-refractivity contribution in [3.05, 3.63) is 26.9 Å². The van der Waals surface area contributed by atoms with Crippen LogP contribution in [0, 0.1) is 0 Å². The Morgan fingerprint density at radius 2 is 2.18 bits per heavy atom. The van der Waals surface area contributed by atoms with Crippen LogP contribution in [-0.4, -0.2) is 27.7 Å². The zero-order valence-electron chi connectivity index (χ0n) is 13.2. The van der Waals surface area contributed by atoms with Crippen molar-refractivity contribution in [3.63, 3.8) is 0 Å². The largest absolute Gasteiger partial charge is 0.324 e. The molecular formula is C15H20N4OS2. The van der Waals surface area contributed by atoms with Gasteiger partial charge in [-0.1, -0.05) is 32.1 Å². The second-order valence-corrected chi connectivity index (χ2v) is 8.49. The van der Waals surface area contributed by atoms with Gasteiger partial charge in [0.2, 0.25) is 5.13 Å². The Kier molecular flexibility index (Phi) is 3.94. The first-order valence-electron chi connectivity index (χ1n) is 7.34. The lowest BCUT2D eigenvalue weighted by atomic mass is 9.98. The standard InChI is InChI=1S/C15H20N4OS2/c1-9-10-6-8-21-11(10)5-7-19(9)14(20)16-13-18-17-12(22-13)15(2,3)4/h6,8-9H,5,7H2,1-4H3,(H,16,18,20)/t9-/m1/s1. The smallest absolute Gasteiger partial charge is 0.317 e. The van der Waals surface area contributed by atoms with Crippen molar-refractivity contribution in [2.75, 3.05) is 11.9 Å². The molecular weight excluding hydrogens is 316 g/mol. The lowest BCUT2D eigenvalue weighted by molar-refractivity contribution is 0.189. The summed E-state index contributed by atoms with van der Waals surface area (Å²) in [6.07, 6.45) is 0.925. The zero-order valence-corrected chi connectivity index (χ0v) is 14.8. The topological polar surface area (TPSA) is 58.1 Å². The number of nitrogens with zero attached hydrogens (tertiary/aromatic N) is 3. The van der Waals surface area contributed by atoms with Crippen LogP contribution in [0.5, 0.6) is 0 Å².